The summed E-state index contributed by atoms with van der Waals surface area (Å²) in [7, 11) is 2.61. The van der Waals surface area contributed by atoms with Crippen molar-refractivity contribution in [1.29, 1.82) is 0 Å². The second kappa shape index (κ2) is 11.4. The molecular formula is C24H25N3O7S. The monoisotopic (exact) mass is 499 g/mol. The summed E-state index contributed by atoms with van der Waals surface area (Å²) in [6.07, 6.45) is 0.780. The van der Waals surface area contributed by atoms with E-state index in [-0.39, 0.29) is 22.8 Å². The highest BCUT2D eigenvalue weighted by Gasteiger charge is 2.18. The molecule has 3 rings (SSSR count). The van der Waals surface area contributed by atoms with Gasteiger partial charge in [0.2, 0.25) is 0 Å². The average Bonchev–Trinajstić information content (AvgIpc) is 3.44. The number of hydrogen-bond donors (Lipinski definition) is 1. The lowest BCUT2D eigenvalue weighted by atomic mass is 10.1. The molecule has 1 aromatic carbocycles. The Bertz CT molecular complexity index is 1240. The highest BCUT2D eigenvalue weighted by Crippen LogP contribution is 2.23. The first kappa shape index (κ1) is 25.6. The number of nitrogens with zero attached hydrogens (tertiary/aromatic N) is 2. The molecule has 11 heteroatoms. The van der Waals surface area contributed by atoms with Gasteiger partial charge in [0.05, 0.1) is 36.9 Å². The predicted octanol–water partition coefficient (Wildman–Crippen LogP) is 3.24. The molecule has 1 amide bonds. The highest BCUT2D eigenvalue weighted by atomic mass is 32.1. The van der Waals surface area contributed by atoms with Gasteiger partial charge in [-0.25, -0.2) is 14.3 Å². The van der Waals surface area contributed by atoms with Gasteiger partial charge in [0.15, 0.2) is 6.61 Å². The van der Waals surface area contributed by atoms with Crippen LogP contribution in [-0.4, -0.2) is 54.4 Å². The van der Waals surface area contributed by atoms with Crippen molar-refractivity contribution in [3.05, 3.63) is 63.1 Å². The number of ether oxygens (including phenoxy) is 3. The molecule has 2 aromatic heterocycles. The second-order valence-corrected chi connectivity index (χ2v) is 8.38. The maximum Gasteiger partial charge on any atom is 0.350 e. The van der Waals surface area contributed by atoms with Crippen LogP contribution in [0.2, 0.25) is 0 Å². The van der Waals surface area contributed by atoms with E-state index in [0.29, 0.717) is 12.1 Å². The van der Waals surface area contributed by atoms with Gasteiger partial charge in [-0.1, -0.05) is 0 Å². The number of methoxy groups -OCH3 is 2. The number of esters is 3. The van der Waals surface area contributed by atoms with Crippen LogP contribution in [0.5, 0.6) is 0 Å². The number of benzene rings is 1. The number of hydrogen-bond acceptors (Lipinski definition) is 9. The molecule has 3 aromatic rings. The van der Waals surface area contributed by atoms with Gasteiger partial charge >= 0.3 is 17.9 Å². The molecule has 0 atom stereocenters. The Balaban J connectivity index is 1.61. The van der Waals surface area contributed by atoms with Gasteiger partial charge in [0, 0.05) is 12.1 Å². The molecule has 0 fully saturated rings. The van der Waals surface area contributed by atoms with Crippen LogP contribution in [0, 0.1) is 13.8 Å². The van der Waals surface area contributed by atoms with Crippen molar-refractivity contribution < 1.29 is 33.4 Å². The van der Waals surface area contributed by atoms with Gasteiger partial charge in [0.25, 0.3) is 5.91 Å². The standard InChI is InChI=1S/C24H25N3O7S/c1-14-18(9-10-21(29)32-3)15(2)27(26-14)17-7-5-16(6-8-17)23(30)34-13-20(28)25-19-11-12-35-22(19)24(31)33-4/h5-8,11-12H,9-10,13H2,1-4H3,(H,25,28). The van der Waals surface area contributed by atoms with E-state index < -0.39 is 24.5 Å². The van der Waals surface area contributed by atoms with Crippen molar-refractivity contribution in [2.45, 2.75) is 26.7 Å². The maximum absolute atomic E-state index is 12.4. The summed E-state index contributed by atoms with van der Waals surface area (Å²) < 4.78 is 16.2. The molecule has 10 nitrogen and oxygen atoms in total. The fourth-order valence-corrected chi connectivity index (χ4v) is 4.18. The largest absolute Gasteiger partial charge is 0.469 e. The first-order valence-corrected chi connectivity index (χ1v) is 11.5. The molecule has 0 saturated heterocycles. The van der Waals surface area contributed by atoms with Crippen LogP contribution >= 0.6 is 11.3 Å². The fourth-order valence-electron chi connectivity index (χ4n) is 3.42. The SMILES string of the molecule is COC(=O)CCc1c(C)nn(-c2ccc(C(=O)OCC(=O)Nc3ccsc3C(=O)OC)cc2)c1C. The van der Waals surface area contributed by atoms with Crippen LogP contribution < -0.4 is 5.32 Å². The molecule has 0 aliphatic carbocycles. The van der Waals surface area contributed by atoms with Gasteiger partial charge in [-0.3, -0.25) is 9.59 Å². The number of carbonyl (C=O) groups excluding carboxylic acids is 4. The van der Waals surface area contributed by atoms with Crippen molar-refractivity contribution in [2.24, 2.45) is 0 Å². The lowest BCUT2D eigenvalue weighted by molar-refractivity contribution is -0.140. The highest BCUT2D eigenvalue weighted by molar-refractivity contribution is 7.12. The second-order valence-electron chi connectivity index (χ2n) is 7.46. The summed E-state index contributed by atoms with van der Waals surface area (Å²) in [4.78, 5) is 48.0. The average molecular weight is 500 g/mol. The minimum Gasteiger partial charge on any atom is -0.469 e. The van der Waals surface area contributed by atoms with Gasteiger partial charge in [-0.15, -0.1) is 11.3 Å². The summed E-state index contributed by atoms with van der Waals surface area (Å²) in [6.45, 7) is 3.27. The van der Waals surface area contributed by atoms with E-state index in [0.717, 1.165) is 34.0 Å². The molecule has 0 aliphatic heterocycles. The Labute approximate surface area is 205 Å². The van der Waals surface area contributed by atoms with Gasteiger partial charge in [-0.05, 0) is 61.5 Å². The lowest BCUT2D eigenvalue weighted by Crippen LogP contribution is -2.21. The third-order valence-corrected chi connectivity index (χ3v) is 6.13. The summed E-state index contributed by atoms with van der Waals surface area (Å²) >= 11 is 1.13. The number of aryl methyl sites for hydroxylation is 1. The maximum atomic E-state index is 12.4. The molecule has 35 heavy (non-hydrogen) atoms. The third-order valence-electron chi connectivity index (χ3n) is 5.24. The summed E-state index contributed by atoms with van der Waals surface area (Å²) in [5.74, 6) is -2.10. The quantitative estimate of drug-likeness (QED) is 0.351. The zero-order valence-electron chi connectivity index (χ0n) is 19.7. The van der Waals surface area contributed by atoms with Crippen molar-refractivity contribution in [3.63, 3.8) is 0 Å². The van der Waals surface area contributed by atoms with Crippen LogP contribution in [0.1, 0.15) is 43.4 Å². The number of rotatable bonds is 9. The zero-order valence-corrected chi connectivity index (χ0v) is 20.6. The molecule has 0 bridgehead atoms. The van der Waals surface area contributed by atoms with Gasteiger partial charge < -0.3 is 19.5 Å². The third kappa shape index (κ3) is 6.12. The Morgan fingerprint density at radius 2 is 1.71 bits per heavy atom. The van der Waals surface area contributed by atoms with Crippen LogP contribution in [0.4, 0.5) is 5.69 Å². The first-order valence-electron chi connectivity index (χ1n) is 10.6. The minimum atomic E-state index is -0.669. The summed E-state index contributed by atoms with van der Waals surface area (Å²) in [6, 6.07) is 8.15. The van der Waals surface area contributed by atoms with Crippen LogP contribution in [0.15, 0.2) is 35.7 Å². The molecule has 1 N–H and O–H groups in total. The van der Waals surface area contributed by atoms with Crippen molar-refractivity contribution in [3.8, 4) is 5.69 Å². The molecule has 0 radical (unpaired) electrons. The van der Waals surface area contributed by atoms with E-state index >= 15 is 0 Å². The van der Waals surface area contributed by atoms with E-state index in [4.69, 9.17) is 9.47 Å². The number of carbonyl (C=O) groups is 4. The van der Waals surface area contributed by atoms with E-state index in [9.17, 15) is 19.2 Å². The van der Waals surface area contributed by atoms with Gasteiger partial charge in [0.1, 0.15) is 4.88 Å². The molecular weight excluding hydrogens is 474 g/mol. The Morgan fingerprint density at radius 3 is 2.37 bits per heavy atom. The molecule has 0 spiro atoms. The van der Waals surface area contributed by atoms with E-state index in [1.165, 1.54) is 14.2 Å². The molecule has 0 unspecified atom stereocenters. The Morgan fingerprint density at radius 1 is 1.00 bits per heavy atom. The molecule has 0 saturated carbocycles. The van der Waals surface area contributed by atoms with E-state index in [2.05, 4.69) is 15.2 Å². The van der Waals surface area contributed by atoms with Crippen LogP contribution in [0.3, 0.4) is 0 Å². The predicted molar refractivity (Wildman–Crippen MR) is 128 cm³/mol. The van der Waals surface area contributed by atoms with Crippen molar-refractivity contribution in [2.75, 3.05) is 26.1 Å². The summed E-state index contributed by atoms with van der Waals surface area (Å²) in [5.41, 5.74) is 3.95. The van der Waals surface area contributed by atoms with E-state index in [1.54, 1.807) is 40.4 Å². The fraction of sp³-hybridized carbons (Fsp3) is 0.292. The van der Waals surface area contributed by atoms with Crippen molar-refractivity contribution in [1.82, 2.24) is 9.78 Å². The smallest absolute Gasteiger partial charge is 0.350 e. The number of nitrogens with one attached hydrogen (secondary N) is 1. The van der Waals surface area contributed by atoms with Crippen molar-refractivity contribution >= 4 is 40.8 Å². The number of aromatic nitrogens is 2. The van der Waals surface area contributed by atoms with Gasteiger partial charge in [-0.2, -0.15) is 5.10 Å². The minimum absolute atomic E-state index is 0.250. The summed E-state index contributed by atoms with van der Waals surface area (Å²) in [5, 5.41) is 8.71. The lowest BCUT2D eigenvalue weighted by Gasteiger charge is -2.08. The Hall–Kier alpha value is -3.99. The number of anilines is 1. The number of thiophene rings is 1. The normalized spacial score (nSPS) is 10.5. The Kier molecular flexibility index (Phi) is 8.37. The van der Waals surface area contributed by atoms with Crippen LogP contribution in [-0.2, 0) is 30.2 Å². The zero-order chi connectivity index (χ0) is 25.5. The van der Waals surface area contributed by atoms with Crippen LogP contribution in [0.25, 0.3) is 5.69 Å². The molecule has 2 heterocycles. The molecule has 184 valence electrons. The molecule has 0 aliphatic rings. The first-order chi connectivity index (χ1) is 16.7. The van der Waals surface area contributed by atoms with E-state index in [1.807, 2.05) is 13.8 Å². The number of amides is 1. The topological polar surface area (TPSA) is 126 Å².